The Kier molecular flexibility index (Phi) is 1.79. The Labute approximate surface area is 77.2 Å². The number of carbonyl (C=O) groups is 1. The van der Waals surface area contributed by atoms with Crippen molar-refractivity contribution in [1.29, 1.82) is 0 Å². The van der Waals surface area contributed by atoms with E-state index >= 15 is 0 Å². The minimum atomic E-state index is -0.0162. The Morgan fingerprint density at radius 2 is 2.08 bits per heavy atom. The molecular formula is C10H11N2O. The third kappa shape index (κ3) is 1.41. The van der Waals surface area contributed by atoms with Crippen molar-refractivity contribution in [2.45, 2.75) is 26.7 Å². The highest BCUT2D eigenvalue weighted by Gasteiger charge is 2.18. The maximum Gasteiger partial charge on any atom is 0.246 e. The van der Waals surface area contributed by atoms with Crippen molar-refractivity contribution >= 4 is 11.6 Å². The number of aryl methyl sites for hydroxylation is 2. The molecule has 0 bridgehead atoms. The van der Waals surface area contributed by atoms with Gasteiger partial charge in [0.05, 0.1) is 5.69 Å². The summed E-state index contributed by atoms with van der Waals surface area (Å²) in [5.41, 5.74) is 3.88. The van der Waals surface area contributed by atoms with E-state index < -0.39 is 0 Å². The van der Waals surface area contributed by atoms with Gasteiger partial charge in [0.2, 0.25) is 5.91 Å². The van der Waals surface area contributed by atoms with Crippen LogP contribution in [0.2, 0.25) is 0 Å². The summed E-state index contributed by atoms with van der Waals surface area (Å²) in [6.45, 7) is 3.89. The van der Waals surface area contributed by atoms with Crippen LogP contribution in [-0.2, 0) is 11.2 Å². The van der Waals surface area contributed by atoms with Crippen molar-refractivity contribution in [2.75, 3.05) is 0 Å². The van der Waals surface area contributed by atoms with Crippen molar-refractivity contribution in [3.8, 4) is 0 Å². The first-order valence-electron chi connectivity index (χ1n) is 4.38. The fourth-order valence-corrected chi connectivity index (χ4v) is 1.67. The van der Waals surface area contributed by atoms with Gasteiger partial charge in [-0.2, -0.15) is 0 Å². The fourth-order valence-electron chi connectivity index (χ4n) is 1.67. The molecule has 67 valence electrons. The maximum atomic E-state index is 11.1. The third-order valence-corrected chi connectivity index (χ3v) is 2.27. The highest BCUT2D eigenvalue weighted by molar-refractivity contribution is 5.84. The molecule has 13 heavy (non-hydrogen) atoms. The van der Waals surface area contributed by atoms with E-state index in [-0.39, 0.29) is 5.91 Å². The van der Waals surface area contributed by atoms with Crippen LogP contribution >= 0.6 is 0 Å². The van der Waals surface area contributed by atoms with Crippen LogP contribution in [0.4, 0.5) is 5.69 Å². The molecule has 1 aliphatic rings. The monoisotopic (exact) mass is 175 g/mol. The lowest BCUT2D eigenvalue weighted by Gasteiger charge is -2.16. The van der Waals surface area contributed by atoms with Crippen LogP contribution in [0, 0.1) is 13.8 Å². The van der Waals surface area contributed by atoms with Crippen molar-refractivity contribution in [1.82, 2.24) is 10.3 Å². The van der Waals surface area contributed by atoms with Gasteiger partial charge < -0.3 is 0 Å². The molecule has 0 atom stereocenters. The van der Waals surface area contributed by atoms with Crippen LogP contribution in [0.25, 0.3) is 0 Å². The van der Waals surface area contributed by atoms with Gasteiger partial charge in [0.25, 0.3) is 0 Å². The lowest BCUT2D eigenvalue weighted by atomic mass is 10.0. The zero-order valence-electron chi connectivity index (χ0n) is 7.79. The van der Waals surface area contributed by atoms with Crippen LogP contribution in [-0.4, -0.2) is 10.9 Å². The van der Waals surface area contributed by atoms with Gasteiger partial charge in [0, 0.05) is 17.8 Å². The number of carbonyl (C=O) groups excluding carboxylic acids is 1. The van der Waals surface area contributed by atoms with Crippen LogP contribution in [0.5, 0.6) is 0 Å². The Hall–Kier alpha value is -1.38. The summed E-state index contributed by atoms with van der Waals surface area (Å²) in [5.74, 6) is -0.0162. The Morgan fingerprint density at radius 1 is 1.31 bits per heavy atom. The van der Waals surface area contributed by atoms with E-state index in [1.807, 2.05) is 19.9 Å². The first kappa shape index (κ1) is 8.23. The molecule has 0 fully saturated rings. The standard InChI is InChI=1S/C10H11N2O/c1-6-5-9-8(7(2)11-6)3-4-10(13)12-9/h5H,3-4H2,1-2H3. The molecule has 0 N–H and O–H groups in total. The zero-order chi connectivity index (χ0) is 9.42. The van der Waals surface area contributed by atoms with Gasteiger partial charge in [-0.1, -0.05) is 0 Å². The maximum absolute atomic E-state index is 11.1. The highest BCUT2D eigenvalue weighted by Crippen LogP contribution is 2.25. The number of nitrogens with zero attached hydrogens (tertiary/aromatic N) is 2. The second kappa shape index (κ2) is 2.83. The number of hydrogen-bond acceptors (Lipinski definition) is 2. The van der Waals surface area contributed by atoms with Crippen LogP contribution in [0.15, 0.2) is 6.07 Å². The van der Waals surface area contributed by atoms with E-state index in [9.17, 15) is 4.79 Å². The average molecular weight is 175 g/mol. The number of pyridine rings is 1. The van der Waals surface area contributed by atoms with E-state index in [2.05, 4.69) is 10.3 Å². The molecule has 0 aromatic carbocycles. The molecule has 0 unspecified atom stereocenters. The van der Waals surface area contributed by atoms with Crippen molar-refractivity contribution in [2.24, 2.45) is 0 Å². The fraction of sp³-hybridized carbons (Fsp3) is 0.400. The molecule has 1 amide bonds. The van der Waals surface area contributed by atoms with E-state index in [1.54, 1.807) is 0 Å². The molecule has 0 saturated carbocycles. The molecule has 1 aromatic heterocycles. The molecule has 0 aliphatic carbocycles. The molecule has 0 saturated heterocycles. The molecule has 3 nitrogen and oxygen atoms in total. The molecule has 2 heterocycles. The lowest BCUT2D eigenvalue weighted by Crippen LogP contribution is -2.19. The van der Waals surface area contributed by atoms with Gasteiger partial charge in [-0.25, -0.2) is 5.32 Å². The second-order valence-electron chi connectivity index (χ2n) is 3.35. The molecule has 1 radical (unpaired) electrons. The summed E-state index contributed by atoms with van der Waals surface area (Å²) in [4.78, 5) is 15.4. The van der Waals surface area contributed by atoms with Gasteiger partial charge in [-0.05, 0) is 31.9 Å². The third-order valence-electron chi connectivity index (χ3n) is 2.27. The number of hydrogen-bond donors (Lipinski definition) is 0. The summed E-state index contributed by atoms with van der Waals surface area (Å²) in [6.07, 6.45) is 1.31. The topological polar surface area (TPSA) is 44.1 Å². The first-order chi connectivity index (χ1) is 6.16. The SMILES string of the molecule is Cc1cc2c(c(C)n1)CCC(=O)[N]2. The van der Waals surface area contributed by atoms with Crippen molar-refractivity contribution in [3.63, 3.8) is 0 Å². The quantitative estimate of drug-likeness (QED) is 0.598. The number of fused-ring (bicyclic) bond motifs is 1. The predicted molar refractivity (Wildman–Crippen MR) is 48.8 cm³/mol. The van der Waals surface area contributed by atoms with E-state index in [4.69, 9.17) is 0 Å². The summed E-state index contributed by atoms with van der Waals surface area (Å²) >= 11 is 0. The van der Waals surface area contributed by atoms with E-state index in [0.717, 1.165) is 29.1 Å². The van der Waals surface area contributed by atoms with Gasteiger partial charge in [0.15, 0.2) is 0 Å². The van der Waals surface area contributed by atoms with Crippen molar-refractivity contribution < 1.29 is 4.79 Å². The summed E-state index contributed by atoms with van der Waals surface area (Å²) in [6, 6.07) is 1.87. The Bertz CT molecular complexity index is 371. The van der Waals surface area contributed by atoms with Crippen molar-refractivity contribution in [3.05, 3.63) is 23.0 Å². The number of aromatic nitrogens is 1. The average Bonchev–Trinajstić information content (AvgIpc) is 2.02. The van der Waals surface area contributed by atoms with Crippen LogP contribution in [0.3, 0.4) is 0 Å². The zero-order valence-corrected chi connectivity index (χ0v) is 7.79. The van der Waals surface area contributed by atoms with Gasteiger partial charge in [-0.3, -0.25) is 9.78 Å². The predicted octanol–water partition coefficient (Wildman–Crippen LogP) is 1.41. The molecule has 1 aromatic rings. The largest absolute Gasteiger partial charge is 0.273 e. The second-order valence-corrected chi connectivity index (χ2v) is 3.35. The first-order valence-corrected chi connectivity index (χ1v) is 4.38. The van der Waals surface area contributed by atoms with Gasteiger partial charge >= 0.3 is 0 Å². The summed E-state index contributed by atoms with van der Waals surface area (Å²) in [5, 5.41) is 3.99. The minimum Gasteiger partial charge on any atom is -0.273 e. The molecule has 3 heteroatoms. The number of amides is 1. The highest BCUT2D eigenvalue weighted by atomic mass is 16.1. The summed E-state index contributed by atoms with van der Waals surface area (Å²) < 4.78 is 0. The smallest absolute Gasteiger partial charge is 0.246 e. The van der Waals surface area contributed by atoms with Crippen LogP contribution in [0.1, 0.15) is 23.4 Å². The lowest BCUT2D eigenvalue weighted by molar-refractivity contribution is -0.120. The molecular weight excluding hydrogens is 164 g/mol. The normalized spacial score (nSPS) is 15.1. The summed E-state index contributed by atoms with van der Waals surface area (Å²) in [7, 11) is 0. The molecule has 1 aliphatic heterocycles. The Balaban J connectivity index is 2.53. The van der Waals surface area contributed by atoms with Crippen LogP contribution < -0.4 is 5.32 Å². The molecule has 2 rings (SSSR count). The van der Waals surface area contributed by atoms with Gasteiger partial charge in [0.1, 0.15) is 0 Å². The molecule has 0 spiro atoms. The Morgan fingerprint density at radius 3 is 2.85 bits per heavy atom. The number of rotatable bonds is 0. The van der Waals surface area contributed by atoms with E-state index in [1.165, 1.54) is 0 Å². The van der Waals surface area contributed by atoms with Gasteiger partial charge in [-0.15, -0.1) is 0 Å². The minimum absolute atomic E-state index is 0.0162. The van der Waals surface area contributed by atoms with E-state index in [0.29, 0.717) is 6.42 Å².